The molecule has 4 aromatic rings. The Hall–Kier alpha value is -3.55. The zero-order valence-corrected chi connectivity index (χ0v) is 17.9. The van der Waals surface area contributed by atoms with Gasteiger partial charge in [0.05, 0.1) is 27.6 Å². The smallest absolute Gasteiger partial charge is 0.246 e. The lowest BCUT2D eigenvalue weighted by molar-refractivity contribution is -0.144. The Morgan fingerprint density at radius 1 is 0.882 bits per heavy atom. The SMILES string of the molecule is CCS(=O)(=O)c1ccc(-c2ccc(C(F)(F)F)cc2)nc1-c1cnc2nc(C(F)(F)F)nn2c1. The number of hydrogen-bond acceptors (Lipinski definition) is 6. The van der Waals surface area contributed by atoms with Crippen LogP contribution in [0.3, 0.4) is 0 Å². The van der Waals surface area contributed by atoms with Gasteiger partial charge in [-0.25, -0.2) is 22.9 Å². The summed E-state index contributed by atoms with van der Waals surface area (Å²) in [6.07, 6.45) is -7.16. The summed E-state index contributed by atoms with van der Waals surface area (Å²) in [5.41, 5.74) is -0.579. The van der Waals surface area contributed by atoms with Gasteiger partial charge in [-0.15, -0.1) is 5.10 Å². The number of nitrogens with zero attached hydrogens (tertiary/aromatic N) is 5. The molecule has 0 saturated carbocycles. The fourth-order valence-corrected chi connectivity index (χ4v) is 4.12. The van der Waals surface area contributed by atoms with E-state index in [1.165, 1.54) is 31.2 Å². The molecule has 0 aliphatic carbocycles. The average Bonchev–Trinajstić information content (AvgIpc) is 3.22. The molecule has 3 aromatic heterocycles. The minimum Gasteiger partial charge on any atom is -0.246 e. The Balaban J connectivity index is 1.87. The van der Waals surface area contributed by atoms with E-state index < -0.39 is 33.6 Å². The second-order valence-corrected chi connectivity index (χ2v) is 9.29. The molecular weight excluding hydrogens is 488 g/mol. The highest BCUT2D eigenvalue weighted by Gasteiger charge is 2.36. The van der Waals surface area contributed by atoms with Crippen LogP contribution in [0.2, 0.25) is 0 Å². The van der Waals surface area contributed by atoms with Crippen molar-refractivity contribution < 1.29 is 34.8 Å². The van der Waals surface area contributed by atoms with Gasteiger partial charge in [-0.3, -0.25) is 0 Å². The van der Waals surface area contributed by atoms with Crippen molar-refractivity contribution in [1.82, 2.24) is 24.6 Å². The van der Waals surface area contributed by atoms with Gasteiger partial charge in [-0.05, 0) is 24.3 Å². The summed E-state index contributed by atoms with van der Waals surface area (Å²) in [7, 11) is -3.84. The minimum absolute atomic E-state index is 0.0203. The second-order valence-electron chi connectivity index (χ2n) is 7.04. The summed E-state index contributed by atoms with van der Waals surface area (Å²) in [6, 6.07) is 6.64. The van der Waals surface area contributed by atoms with Crippen LogP contribution in [0.15, 0.2) is 53.7 Å². The van der Waals surface area contributed by atoms with Crippen molar-refractivity contribution >= 4 is 15.6 Å². The molecule has 0 saturated heterocycles. The standard InChI is InChI=1S/C20H13F6N5O2S/c1-2-34(32,33)15-8-7-14(11-3-5-13(6-4-11)19(21,22)23)28-16(15)12-9-27-18-29-17(20(24,25)26)30-31(18)10-12/h3-10H,2H2,1H3. The van der Waals surface area contributed by atoms with E-state index in [4.69, 9.17) is 0 Å². The molecule has 1 aromatic carbocycles. The first-order valence-electron chi connectivity index (χ1n) is 9.51. The van der Waals surface area contributed by atoms with E-state index in [1.54, 1.807) is 0 Å². The van der Waals surface area contributed by atoms with Gasteiger partial charge >= 0.3 is 12.4 Å². The molecule has 0 fully saturated rings. The topological polar surface area (TPSA) is 90.1 Å². The molecule has 3 heterocycles. The number of hydrogen-bond donors (Lipinski definition) is 0. The predicted octanol–water partition coefficient (Wildman–Crippen LogP) is 4.68. The molecule has 178 valence electrons. The van der Waals surface area contributed by atoms with E-state index in [9.17, 15) is 34.8 Å². The summed E-state index contributed by atoms with van der Waals surface area (Å²) in [4.78, 5) is 11.2. The number of rotatable bonds is 4. The summed E-state index contributed by atoms with van der Waals surface area (Å²) >= 11 is 0. The maximum atomic E-state index is 12.9. The molecule has 7 nitrogen and oxygen atoms in total. The van der Waals surface area contributed by atoms with Gasteiger partial charge < -0.3 is 0 Å². The first-order valence-corrected chi connectivity index (χ1v) is 11.2. The average molecular weight is 501 g/mol. The molecule has 0 bridgehead atoms. The minimum atomic E-state index is -4.81. The maximum Gasteiger partial charge on any atom is 0.453 e. The third-order valence-corrected chi connectivity index (χ3v) is 6.56. The fourth-order valence-electron chi connectivity index (χ4n) is 3.07. The van der Waals surface area contributed by atoms with Crippen molar-refractivity contribution in [3.05, 3.63) is 60.2 Å². The normalized spacial score (nSPS) is 12.9. The van der Waals surface area contributed by atoms with E-state index in [0.717, 1.165) is 29.0 Å². The monoisotopic (exact) mass is 501 g/mol. The number of pyridine rings is 1. The summed E-state index contributed by atoms with van der Waals surface area (Å²) in [5, 5.41) is 3.33. The Kier molecular flexibility index (Phi) is 5.58. The number of benzene rings is 1. The van der Waals surface area contributed by atoms with Crippen LogP contribution in [-0.4, -0.2) is 38.7 Å². The zero-order chi connectivity index (χ0) is 24.9. The van der Waals surface area contributed by atoms with Crippen LogP contribution in [0.1, 0.15) is 18.3 Å². The highest BCUT2D eigenvalue weighted by molar-refractivity contribution is 7.91. The van der Waals surface area contributed by atoms with Crippen LogP contribution >= 0.6 is 0 Å². The fraction of sp³-hybridized carbons (Fsp3) is 0.200. The first kappa shape index (κ1) is 23.6. The maximum absolute atomic E-state index is 12.9. The Morgan fingerprint density at radius 2 is 1.56 bits per heavy atom. The third kappa shape index (κ3) is 4.44. The van der Waals surface area contributed by atoms with Crippen LogP contribution in [0.25, 0.3) is 28.3 Å². The lowest BCUT2D eigenvalue weighted by Crippen LogP contribution is -2.08. The molecule has 0 radical (unpaired) electrons. The van der Waals surface area contributed by atoms with E-state index in [-0.39, 0.29) is 38.9 Å². The Labute approximate surface area is 188 Å². The second kappa shape index (κ2) is 8.04. The number of alkyl halides is 6. The summed E-state index contributed by atoms with van der Waals surface area (Å²) in [5.74, 6) is -2.08. The molecule has 0 atom stereocenters. The highest BCUT2D eigenvalue weighted by Crippen LogP contribution is 2.33. The quantitative estimate of drug-likeness (QED) is 0.377. The van der Waals surface area contributed by atoms with Gasteiger partial charge in [0, 0.05) is 23.5 Å². The van der Waals surface area contributed by atoms with Crippen molar-refractivity contribution in [3.63, 3.8) is 0 Å². The Morgan fingerprint density at radius 3 is 2.15 bits per heavy atom. The van der Waals surface area contributed by atoms with Crippen molar-refractivity contribution in [1.29, 1.82) is 0 Å². The summed E-state index contributed by atoms with van der Waals surface area (Å²) in [6.45, 7) is 1.40. The largest absolute Gasteiger partial charge is 0.453 e. The molecule has 0 aliphatic rings. The summed E-state index contributed by atoms with van der Waals surface area (Å²) < 4.78 is 103. The molecule has 0 amide bonds. The number of aromatic nitrogens is 5. The van der Waals surface area contributed by atoms with Gasteiger partial charge in [0.15, 0.2) is 9.84 Å². The molecule has 4 rings (SSSR count). The molecule has 14 heteroatoms. The van der Waals surface area contributed by atoms with Crippen molar-refractivity contribution in [2.24, 2.45) is 0 Å². The van der Waals surface area contributed by atoms with Gasteiger partial charge in [0.2, 0.25) is 0 Å². The number of halogens is 6. The van der Waals surface area contributed by atoms with Crippen LogP contribution in [0.5, 0.6) is 0 Å². The third-order valence-electron chi connectivity index (χ3n) is 4.80. The van der Waals surface area contributed by atoms with E-state index >= 15 is 0 Å². The molecule has 0 unspecified atom stereocenters. The van der Waals surface area contributed by atoms with E-state index in [2.05, 4.69) is 20.1 Å². The predicted molar refractivity (Wildman–Crippen MR) is 107 cm³/mol. The van der Waals surface area contributed by atoms with Gasteiger partial charge in [-0.1, -0.05) is 19.1 Å². The van der Waals surface area contributed by atoms with E-state index in [0.29, 0.717) is 0 Å². The van der Waals surface area contributed by atoms with Crippen molar-refractivity contribution in [2.75, 3.05) is 5.75 Å². The zero-order valence-electron chi connectivity index (χ0n) is 17.1. The lowest BCUT2D eigenvalue weighted by Gasteiger charge is -2.12. The van der Waals surface area contributed by atoms with Crippen LogP contribution in [0.4, 0.5) is 26.3 Å². The highest BCUT2D eigenvalue weighted by atomic mass is 32.2. The van der Waals surface area contributed by atoms with Crippen molar-refractivity contribution in [3.8, 4) is 22.5 Å². The molecular formula is C20H13F6N5O2S. The molecule has 0 aliphatic heterocycles. The van der Waals surface area contributed by atoms with Gasteiger partial charge in [0.1, 0.15) is 0 Å². The van der Waals surface area contributed by atoms with Crippen LogP contribution in [0, 0.1) is 0 Å². The molecule has 0 spiro atoms. The number of sulfone groups is 1. The number of fused-ring (bicyclic) bond motifs is 1. The molecule has 0 N–H and O–H groups in total. The van der Waals surface area contributed by atoms with Gasteiger partial charge in [0.25, 0.3) is 11.6 Å². The van der Waals surface area contributed by atoms with Crippen molar-refractivity contribution in [2.45, 2.75) is 24.2 Å². The lowest BCUT2D eigenvalue weighted by atomic mass is 10.1. The first-order chi connectivity index (χ1) is 15.8. The van der Waals surface area contributed by atoms with Crippen LogP contribution in [-0.2, 0) is 22.2 Å². The van der Waals surface area contributed by atoms with Crippen LogP contribution < -0.4 is 0 Å². The van der Waals surface area contributed by atoms with E-state index in [1.807, 2.05) is 0 Å². The molecule has 34 heavy (non-hydrogen) atoms. The van der Waals surface area contributed by atoms with Gasteiger partial charge in [-0.2, -0.15) is 31.3 Å². The Bertz CT molecular complexity index is 1480.